The summed E-state index contributed by atoms with van der Waals surface area (Å²) in [5.41, 5.74) is 7.40. The van der Waals surface area contributed by atoms with Crippen LogP contribution in [0.2, 0.25) is 0 Å². The number of hydrogen-bond donors (Lipinski definition) is 1. The van der Waals surface area contributed by atoms with E-state index in [0.717, 1.165) is 34.3 Å². The van der Waals surface area contributed by atoms with Crippen LogP contribution in [0.4, 0.5) is 0 Å². The van der Waals surface area contributed by atoms with Gasteiger partial charge in [0, 0.05) is 5.56 Å². The third kappa shape index (κ3) is 5.91. The fraction of sp³-hybridized carbons (Fsp3) is 0.361. The van der Waals surface area contributed by atoms with Crippen molar-refractivity contribution in [3.05, 3.63) is 83.8 Å². The monoisotopic (exact) mass is 646 g/mol. The number of carbonyl (C=O) groups is 3. The number of carbonyl (C=O) groups excluding carboxylic acids is 3. The van der Waals surface area contributed by atoms with Crippen LogP contribution in [-0.2, 0) is 25.5 Å². The van der Waals surface area contributed by atoms with Crippen LogP contribution in [0.3, 0.4) is 0 Å². The molecule has 8 bridgehead atoms. The fourth-order valence-electron chi connectivity index (χ4n) is 6.64. The van der Waals surface area contributed by atoms with Crippen LogP contribution in [0.5, 0.6) is 0 Å². The van der Waals surface area contributed by atoms with Crippen LogP contribution in [0.15, 0.2) is 12.3 Å². The Morgan fingerprint density at radius 1 is 1.02 bits per heavy atom. The summed E-state index contributed by atoms with van der Waals surface area (Å²) in [7, 11) is 1.30. The SMILES string of the molecule is C=Cc1c2[n-]c(c1C)/C=C1\[N-]C(C3=c4[n-]/c(c(C)c4C(=O)[C@@H]3C(=O)OC)=C\c3[n-]c(/c(=C\O)c3CC)=C\2)[C@@H](C)[C@@H]1C.CCOC=O.[Mg+2]. The number of aliphatic hydroxyl groups excluding tert-OH is 1. The zero-order valence-corrected chi connectivity index (χ0v) is 29.3. The van der Waals surface area contributed by atoms with E-state index in [1.165, 1.54) is 7.11 Å². The molecule has 1 aliphatic carbocycles. The average molecular weight is 647 g/mol. The van der Waals surface area contributed by atoms with Crippen LogP contribution in [0, 0.1) is 31.6 Å². The molecule has 6 rings (SSSR count). The van der Waals surface area contributed by atoms with E-state index in [4.69, 9.17) is 25.0 Å². The number of ketones is 1. The van der Waals surface area contributed by atoms with E-state index in [9.17, 15) is 19.5 Å². The number of rotatable bonds is 5. The molecular formula is C36H38MgN4O6-2. The molecular weight excluding hydrogens is 609 g/mol. The second kappa shape index (κ2) is 14.3. The molecule has 2 aliphatic heterocycles. The molecule has 3 aromatic rings. The summed E-state index contributed by atoms with van der Waals surface area (Å²) in [6, 6.07) is -0.425. The van der Waals surface area contributed by atoms with Gasteiger partial charge in [-0.3, -0.25) is 14.4 Å². The minimum absolute atomic E-state index is 0. The summed E-state index contributed by atoms with van der Waals surface area (Å²) in [6.07, 6.45) is 9.20. The van der Waals surface area contributed by atoms with Crippen LogP contribution < -0.4 is 36.2 Å². The van der Waals surface area contributed by atoms with E-state index in [2.05, 4.69) is 25.2 Å². The van der Waals surface area contributed by atoms with Gasteiger partial charge in [0.1, 0.15) is 5.92 Å². The van der Waals surface area contributed by atoms with E-state index in [1.807, 2.05) is 39.0 Å². The summed E-state index contributed by atoms with van der Waals surface area (Å²) < 4.78 is 9.26. The molecule has 1 fully saturated rings. The van der Waals surface area contributed by atoms with Crippen LogP contribution in [0.1, 0.15) is 77.4 Å². The molecule has 10 nitrogen and oxygen atoms in total. The first-order valence-corrected chi connectivity index (χ1v) is 15.4. The Kier molecular flexibility index (Phi) is 10.8. The topological polar surface area (TPSA) is 146 Å². The number of Topliss-reactive ketones (excluding diaryl/α,β-unsaturated/α-hetero) is 1. The van der Waals surface area contributed by atoms with Gasteiger partial charge in [0.2, 0.25) is 0 Å². The largest absolute Gasteiger partial charge is 2.00 e. The van der Waals surface area contributed by atoms with Gasteiger partial charge in [-0.2, -0.15) is 5.70 Å². The van der Waals surface area contributed by atoms with Gasteiger partial charge in [-0.25, -0.2) is 0 Å². The normalized spacial score (nSPS) is 23.5. The number of ether oxygens (including phenoxy) is 2. The molecule has 1 N–H and O–H groups in total. The maximum atomic E-state index is 13.8. The number of methoxy groups -OCH3 is 1. The number of fused-ring (bicyclic) bond motifs is 8. The summed E-state index contributed by atoms with van der Waals surface area (Å²) in [6.45, 7) is 16.7. The standard InChI is InChI=1S/C33H32N4O4.C3H6O2.Mg/c1-8-18-16(5)22-10-21-14(3)15(4)30(36-21)28-29(33(40)41-7)32(39)27-17(6)23(37-31(27)28)11-25-19(9-2)20(13-38)26(35-25)12-24(18)34-22;1-2-5-3-4;/h8,10-15,29-30H,1,9H2,2-7H3,(H,38,39);3H,2H2,1H3;/q-4;;+2/b21-10-,26-12-;;/t14-,15-,29+,30?;;/m0../s1. The van der Waals surface area contributed by atoms with Gasteiger partial charge >= 0.3 is 29.0 Å². The minimum atomic E-state index is -1.08. The van der Waals surface area contributed by atoms with Crippen molar-refractivity contribution < 1.29 is 29.0 Å². The number of allylic oxidation sites excluding steroid dienone is 1. The van der Waals surface area contributed by atoms with Crippen molar-refractivity contribution in [3.63, 3.8) is 0 Å². The Hall–Kier alpha value is -4.22. The second-order valence-electron chi connectivity index (χ2n) is 11.6. The van der Waals surface area contributed by atoms with Crippen molar-refractivity contribution in [2.24, 2.45) is 17.8 Å². The quantitative estimate of drug-likeness (QED) is 0.189. The summed E-state index contributed by atoms with van der Waals surface area (Å²) in [4.78, 5) is 50.8. The fourth-order valence-corrected chi connectivity index (χ4v) is 6.64. The smallest absolute Gasteiger partial charge is 0.681 e. The van der Waals surface area contributed by atoms with Crippen molar-refractivity contribution in [3.8, 4) is 0 Å². The molecule has 5 heterocycles. The van der Waals surface area contributed by atoms with Crippen LogP contribution in [0.25, 0.3) is 41.5 Å². The number of esters is 1. The third-order valence-electron chi connectivity index (χ3n) is 9.33. The number of nitrogens with zero attached hydrogens (tertiary/aromatic N) is 4. The van der Waals surface area contributed by atoms with Crippen molar-refractivity contribution in [2.45, 2.75) is 54.0 Å². The molecule has 1 saturated heterocycles. The summed E-state index contributed by atoms with van der Waals surface area (Å²) >= 11 is 0. The Morgan fingerprint density at radius 3 is 2.30 bits per heavy atom. The van der Waals surface area contributed by atoms with Gasteiger partial charge in [0.15, 0.2) is 5.78 Å². The number of hydrogen-bond acceptors (Lipinski definition) is 6. The molecule has 3 aliphatic rings. The molecule has 3 aromatic heterocycles. The van der Waals surface area contributed by atoms with E-state index < -0.39 is 17.9 Å². The van der Waals surface area contributed by atoms with Gasteiger partial charge < -0.3 is 34.8 Å². The van der Waals surface area contributed by atoms with Crippen molar-refractivity contribution in [1.29, 1.82) is 0 Å². The van der Waals surface area contributed by atoms with E-state index in [0.29, 0.717) is 68.9 Å². The Morgan fingerprint density at radius 2 is 1.72 bits per heavy atom. The second-order valence-corrected chi connectivity index (χ2v) is 11.6. The average Bonchev–Trinajstić information content (AvgIpc) is 3.78. The number of aromatic nitrogens is 3. The molecule has 47 heavy (non-hydrogen) atoms. The third-order valence-corrected chi connectivity index (χ3v) is 9.33. The molecule has 1 unspecified atom stereocenters. The summed E-state index contributed by atoms with van der Waals surface area (Å²) in [5, 5.41) is 17.7. The predicted molar refractivity (Wildman–Crippen MR) is 181 cm³/mol. The van der Waals surface area contributed by atoms with Crippen molar-refractivity contribution in [2.75, 3.05) is 13.7 Å². The van der Waals surface area contributed by atoms with Gasteiger partial charge in [-0.15, -0.1) is 33.1 Å². The maximum absolute atomic E-state index is 13.8. The molecule has 0 aromatic carbocycles. The Balaban J connectivity index is 0.000000776. The van der Waals surface area contributed by atoms with Crippen LogP contribution >= 0.6 is 0 Å². The van der Waals surface area contributed by atoms with Crippen LogP contribution in [-0.4, -0.2) is 66.1 Å². The number of aliphatic hydroxyl groups is 1. The summed E-state index contributed by atoms with van der Waals surface area (Å²) in [5.74, 6) is -1.93. The Labute approximate surface area is 289 Å². The first kappa shape index (κ1) is 35.6. The molecule has 0 spiro atoms. The predicted octanol–water partition coefficient (Wildman–Crippen LogP) is 1.65. The van der Waals surface area contributed by atoms with Gasteiger partial charge in [-0.05, 0) is 49.8 Å². The minimum Gasteiger partial charge on any atom is -0.681 e. The van der Waals surface area contributed by atoms with Crippen molar-refractivity contribution in [1.82, 2.24) is 15.0 Å². The van der Waals surface area contributed by atoms with E-state index in [-0.39, 0.29) is 40.7 Å². The molecule has 242 valence electrons. The van der Waals surface area contributed by atoms with E-state index in [1.54, 1.807) is 13.0 Å². The first-order chi connectivity index (χ1) is 22.1. The maximum Gasteiger partial charge on any atom is 2.00 e. The van der Waals surface area contributed by atoms with Crippen molar-refractivity contribution >= 4 is 77.4 Å². The molecule has 0 amide bonds. The Bertz CT molecular complexity index is 2030. The van der Waals surface area contributed by atoms with Gasteiger partial charge in [0.25, 0.3) is 6.47 Å². The molecule has 0 saturated carbocycles. The molecule has 11 heteroatoms. The van der Waals surface area contributed by atoms with E-state index >= 15 is 0 Å². The zero-order chi connectivity index (χ0) is 33.4. The molecule has 4 atom stereocenters. The zero-order valence-electron chi connectivity index (χ0n) is 27.9. The van der Waals surface area contributed by atoms with Gasteiger partial charge in [0.05, 0.1) is 20.0 Å². The molecule has 0 radical (unpaired) electrons. The van der Waals surface area contributed by atoms with Gasteiger partial charge in [-0.1, -0.05) is 80.0 Å². The first-order valence-electron chi connectivity index (χ1n) is 15.4.